The first kappa shape index (κ1) is 28.2. The Morgan fingerprint density at radius 1 is 1.05 bits per heavy atom. The smallest absolute Gasteiger partial charge is 0.148 e. The maximum absolute atomic E-state index is 10.1. The summed E-state index contributed by atoms with van der Waals surface area (Å²) in [7, 11) is -1.16. The van der Waals surface area contributed by atoms with Crippen LogP contribution in [0.25, 0.3) is 33.3 Å². The van der Waals surface area contributed by atoms with Crippen molar-refractivity contribution in [1.82, 2.24) is 29.3 Å². The number of aryl methyl sites for hydroxylation is 1. The molecule has 0 saturated carbocycles. The fraction of sp³-hybridized carbons (Fsp3) is 0.379. The monoisotopic (exact) mass is 578 g/mol. The van der Waals surface area contributed by atoms with Crippen LogP contribution in [0.1, 0.15) is 19.7 Å². The first-order valence-corrected chi connectivity index (χ1v) is 17.4. The number of nitrogens with zero attached hydrogens (tertiary/aromatic N) is 6. The first-order chi connectivity index (χ1) is 18.9. The minimum Gasteiger partial charge on any atom is -0.456 e. The summed E-state index contributed by atoms with van der Waals surface area (Å²) < 4.78 is 16.0. The third-order valence-corrected chi connectivity index (χ3v) is 8.52. The number of ether oxygens (including phenoxy) is 2. The van der Waals surface area contributed by atoms with E-state index in [2.05, 4.69) is 39.3 Å². The van der Waals surface area contributed by atoms with Gasteiger partial charge in [-0.1, -0.05) is 31.2 Å². The Hall–Kier alpha value is -3.31. The van der Waals surface area contributed by atoms with Gasteiger partial charge in [-0.2, -0.15) is 5.10 Å². The second kappa shape index (κ2) is 10.9. The minimum atomic E-state index is -1.16. The highest BCUT2D eigenvalue weighted by molar-refractivity contribution is 6.76. The van der Waals surface area contributed by atoms with Gasteiger partial charge in [0.2, 0.25) is 0 Å². The van der Waals surface area contributed by atoms with Crippen LogP contribution in [0.15, 0.2) is 48.9 Å². The van der Waals surface area contributed by atoms with E-state index in [1.54, 1.807) is 37.0 Å². The van der Waals surface area contributed by atoms with Crippen LogP contribution in [0.5, 0.6) is 11.5 Å². The predicted molar refractivity (Wildman–Crippen MR) is 161 cm³/mol. The largest absolute Gasteiger partial charge is 0.456 e. The van der Waals surface area contributed by atoms with Crippen molar-refractivity contribution in [3.05, 3.63) is 59.8 Å². The van der Waals surface area contributed by atoms with Crippen molar-refractivity contribution < 1.29 is 14.6 Å². The van der Waals surface area contributed by atoms with Crippen LogP contribution >= 0.6 is 11.6 Å². The molecule has 5 rings (SSSR count). The molecule has 9 nitrogen and oxygen atoms in total. The van der Waals surface area contributed by atoms with Gasteiger partial charge in [-0.05, 0) is 51.1 Å². The maximum atomic E-state index is 10.1. The lowest BCUT2D eigenvalue weighted by molar-refractivity contribution is 0.0577. The highest BCUT2D eigenvalue weighted by atomic mass is 35.5. The topological polar surface area (TPSA) is 100 Å². The lowest BCUT2D eigenvalue weighted by Gasteiger charge is -2.16. The molecule has 5 aromatic rings. The molecular formula is C29H35ClN6O3Si. The van der Waals surface area contributed by atoms with Crippen LogP contribution in [-0.4, -0.2) is 54.7 Å². The van der Waals surface area contributed by atoms with E-state index in [9.17, 15) is 5.11 Å². The summed E-state index contributed by atoms with van der Waals surface area (Å²) in [6, 6.07) is 10.5. The summed E-state index contributed by atoms with van der Waals surface area (Å²) in [5.41, 5.74) is 3.53. The van der Waals surface area contributed by atoms with E-state index in [-0.39, 0.29) is 0 Å². The van der Waals surface area contributed by atoms with E-state index >= 15 is 0 Å². The molecule has 1 N–H and O–H groups in total. The number of hydrogen-bond donors (Lipinski definition) is 1. The zero-order valence-electron chi connectivity index (χ0n) is 23.8. The van der Waals surface area contributed by atoms with Crippen molar-refractivity contribution in [2.75, 3.05) is 6.61 Å². The van der Waals surface area contributed by atoms with Gasteiger partial charge >= 0.3 is 0 Å². The SMILES string of the molecule is Cc1nc2ccc(Oc3ccc4ncc(-c5cnn(CC(C)(C)O)c5)nc4c3Cl)cc2n1COCC[Si](C)(C)C. The van der Waals surface area contributed by atoms with Crippen LogP contribution in [0, 0.1) is 6.92 Å². The molecule has 3 aromatic heterocycles. The van der Waals surface area contributed by atoms with E-state index < -0.39 is 13.7 Å². The summed E-state index contributed by atoms with van der Waals surface area (Å²) in [6.45, 7) is 14.0. The molecule has 0 unspecified atom stereocenters. The molecule has 0 fully saturated rings. The van der Waals surface area contributed by atoms with Crippen LogP contribution in [-0.2, 0) is 18.0 Å². The van der Waals surface area contributed by atoms with E-state index in [0.717, 1.165) is 35.1 Å². The Balaban J connectivity index is 1.39. The zero-order chi connectivity index (χ0) is 28.7. The van der Waals surface area contributed by atoms with Crippen molar-refractivity contribution in [3.8, 4) is 22.8 Å². The number of fused-ring (bicyclic) bond motifs is 2. The van der Waals surface area contributed by atoms with E-state index in [1.807, 2.05) is 37.4 Å². The summed E-state index contributed by atoms with van der Waals surface area (Å²) >= 11 is 6.80. The molecule has 0 saturated heterocycles. The number of aliphatic hydroxyl groups is 1. The second-order valence-corrected chi connectivity index (χ2v) is 17.9. The van der Waals surface area contributed by atoms with Gasteiger partial charge in [-0.3, -0.25) is 9.67 Å². The average molecular weight is 579 g/mol. The molecular weight excluding hydrogens is 544 g/mol. The highest BCUT2D eigenvalue weighted by Crippen LogP contribution is 2.36. The first-order valence-electron chi connectivity index (χ1n) is 13.3. The van der Waals surface area contributed by atoms with Crippen molar-refractivity contribution in [2.45, 2.75) is 65.3 Å². The average Bonchev–Trinajstić information content (AvgIpc) is 3.45. The van der Waals surface area contributed by atoms with Crippen molar-refractivity contribution >= 4 is 41.7 Å². The third kappa shape index (κ3) is 6.52. The molecule has 0 aliphatic heterocycles. The summed E-state index contributed by atoms with van der Waals surface area (Å²) in [5.74, 6) is 2.00. The minimum absolute atomic E-state index is 0.361. The molecule has 0 spiro atoms. The summed E-state index contributed by atoms with van der Waals surface area (Å²) in [4.78, 5) is 14.0. The quantitative estimate of drug-likeness (QED) is 0.146. The Morgan fingerprint density at radius 2 is 1.82 bits per heavy atom. The van der Waals surface area contributed by atoms with Gasteiger partial charge in [0.1, 0.15) is 34.6 Å². The van der Waals surface area contributed by atoms with E-state index in [0.29, 0.717) is 46.5 Å². The van der Waals surface area contributed by atoms with E-state index in [1.165, 1.54) is 0 Å². The number of aromatic nitrogens is 6. The number of benzene rings is 2. The van der Waals surface area contributed by atoms with Gasteiger partial charge in [-0.15, -0.1) is 0 Å². The molecule has 0 radical (unpaired) electrons. The predicted octanol–water partition coefficient (Wildman–Crippen LogP) is 6.68. The standard InChI is InChI=1S/C29H35ClN6O3Si/c1-19-33-22-8-7-21(13-25(22)36(19)18-38-11-12-40(4,5)6)39-26-10-9-23-28(27(26)30)34-24(15-31-23)20-14-32-35(16-20)17-29(2,3)37/h7-10,13-16,37H,11-12,17-18H2,1-6H3. The molecule has 210 valence electrons. The molecule has 0 amide bonds. The Bertz CT molecular complexity index is 1670. The lowest BCUT2D eigenvalue weighted by Crippen LogP contribution is -2.26. The second-order valence-electron chi connectivity index (χ2n) is 11.9. The van der Waals surface area contributed by atoms with Gasteiger partial charge in [0, 0.05) is 32.5 Å². The Morgan fingerprint density at radius 3 is 2.58 bits per heavy atom. The van der Waals surface area contributed by atoms with Crippen LogP contribution in [0.3, 0.4) is 0 Å². The summed E-state index contributed by atoms with van der Waals surface area (Å²) in [6.07, 6.45) is 5.22. The Kier molecular flexibility index (Phi) is 7.71. The van der Waals surface area contributed by atoms with Crippen molar-refractivity contribution in [1.29, 1.82) is 0 Å². The summed E-state index contributed by atoms with van der Waals surface area (Å²) in [5, 5.41) is 14.8. The molecule has 0 bridgehead atoms. The molecule has 0 aliphatic rings. The Labute approximate surface area is 239 Å². The fourth-order valence-corrected chi connectivity index (χ4v) is 5.33. The zero-order valence-corrected chi connectivity index (χ0v) is 25.5. The molecule has 0 atom stereocenters. The third-order valence-electron chi connectivity index (χ3n) is 6.45. The maximum Gasteiger partial charge on any atom is 0.148 e. The fourth-order valence-electron chi connectivity index (χ4n) is 4.33. The number of halogens is 1. The van der Waals surface area contributed by atoms with Crippen molar-refractivity contribution in [3.63, 3.8) is 0 Å². The lowest BCUT2D eigenvalue weighted by atomic mass is 10.1. The van der Waals surface area contributed by atoms with Crippen LogP contribution < -0.4 is 4.74 Å². The van der Waals surface area contributed by atoms with Gasteiger partial charge in [0.05, 0.1) is 46.8 Å². The number of hydrogen-bond acceptors (Lipinski definition) is 7. The molecule has 11 heteroatoms. The van der Waals surface area contributed by atoms with Crippen molar-refractivity contribution in [2.24, 2.45) is 0 Å². The van der Waals surface area contributed by atoms with E-state index in [4.69, 9.17) is 26.1 Å². The van der Waals surface area contributed by atoms with Gasteiger partial charge in [-0.25, -0.2) is 9.97 Å². The van der Waals surface area contributed by atoms with Gasteiger partial charge in [0.15, 0.2) is 0 Å². The molecule has 3 heterocycles. The normalized spacial score (nSPS) is 12.5. The molecule has 2 aromatic carbocycles. The number of rotatable bonds is 10. The van der Waals surface area contributed by atoms with Gasteiger partial charge in [0.25, 0.3) is 0 Å². The number of imidazole rings is 1. The van der Waals surface area contributed by atoms with Gasteiger partial charge < -0.3 is 19.1 Å². The molecule has 40 heavy (non-hydrogen) atoms. The highest BCUT2D eigenvalue weighted by Gasteiger charge is 2.17. The molecule has 0 aliphatic carbocycles. The van der Waals surface area contributed by atoms with Crippen LogP contribution in [0.2, 0.25) is 30.7 Å². The van der Waals surface area contributed by atoms with Crippen LogP contribution in [0.4, 0.5) is 0 Å².